The van der Waals surface area contributed by atoms with Crippen molar-refractivity contribution >= 4 is 10.8 Å². The Balaban J connectivity index is 1.71. The third-order valence-electron chi connectivity index (χ3n) is 6.91. The van der Waals surface area contributed by atoms with Crippen LogP contribution in [0.25, 0.3) is 66.4 Å². The van der Waals surface area contributed by atoms with Crippen LogP contribution in [0.2, 0.25) is 0 Å². The summed E-state index contributed by atoms with van der Waals surface area (Å²) in [6.07, 6.45) is 3.77. The maximum absolute atomic E-state index is 4.29. The first-order valence-corrected chi connectivity index (χ1v) is 11.6. The van der Waals surface area contributed by atoms with Crippen LogP contribution < -0.4 is 0 Å². The number of benzene rings is 5. The SMILES string of the molecule is c1ccc(-c2cc(-c3ccncc3)c(-c3ccccc3)c3c2-c2cccc4cccc-3c24)cc1. The van der Waals surface area contributed by atoms with Crippen LogP contribution >= 0.6 is 0 Å². The summed E-state index contributed by atoms with van der Waals surface area (Å²) in [5, 5.41) is 2.64. The molecular formula is C33H21N. The van der Waals surface area contributed by atoms with Crippen LogP contribution in [-0.2, 0) is 0 Å². The average Bonchev–Trinajstić information content (AvgIpc) is 3.26. The van der Waals surface area contributed by atoms with Crippen molar-refractivity contribution in [1.29, 1.82) is 0 Å². The van der Waals surface area contributed by atoms with Gasteiger partial charge >= 0.3 is 0 Å². The molecule has 0 saturated carbocycles. The molecule has 0 unspecified atom stereocenters. The van der Waals surface area contributed by atoms with Gasteiger partial charge in [-0.2, -0.15) is 0 Å². The number of aromatic nitrogens is 1. The molecule has 34 heavy (non-hydrogen) atoms. The molecule has 1 heteroatoms. The smallest absolute Gasteiger partial charge is 0.0273 e. The first kappa shape index (κ1) is 19.0. The first-order chi connectivity index (χ1) is 16.9. The van der Waals surface area contributed by atoms with Gasteiger partial charge in [0.15, 0.2) is 0 Å². The van der Waals surface area contributed by atoms with Gasteiger partial charge in [-0.05, 0) is 84.6 Å². The summed E-state index contributed by atoms with van der Waals surface area (Å²) in [7, 11) is 0. The highest BCUT2D eigenvalue weighted by molar-refractivity contribution is 6.22. The van der Waals surface area contributed by atoms with Crippen LogP contribution in [0.4, 0.5) is 0 Å². The quantitative estimate of drug-likeness (QED) is 0.272. The Morgan fingerprint density at radius 1 is 0.382 bits per heavy atom. The Labute approximate surface area is 199 Å². The third-order valence-corrected chi connectivity index (χ3v) is 6.91. The molecule has 1 aromatic heterocycles. The largest absolute Gasteiger partial charge is 0.265 e. The fourth-order valence-electron chi connectivity index (χ4n) is 5.50. The van der Waals surface area contributed by atoms with Crippen molar-refractivity contribution in [3.63, 3.8) is 0 Å². The minimum absolute atomic E-state index is 1.18. The molecule has 158 valence electrons. The van der Waals surface area contributed by atoms with E-state index in [1.807, 2.05) is 12.4 Å². The molecule has 0 saturated heterocycles. The van der Waals surface area contributed by atoms with Gasteiger partial charge in [-0.1, -0.05) is 97.1 Å². The standard InChI is InChI=1S/C33H21N/c1-3-9-22(10-4-1)29-21-28(23-17-19-34-20-18-23)31(25-11-5-2-6-12-25)33-27-16-8-14-24-13-7-15-26(30(24)27)32(29)33/h1-21H. The van der Waals surface area contributed by atoms with Gasteiger partial charge in [0.1, 0.15) is 0 Å². The van der Waals surface area contributed by atoms with Crippen molar-refractivity contribution in [1.82, 2.24) is 4.98 Å². The minimum atomic E-state index is 1.18. The van der Waals surface area contributed by atoms with Crippen LogP contribution in [0.1, 0.15) is 0 Å². The number of nitrogens with zero attached hydrogens (tertiary/aromatic N) is 1. The zero-order valence-electron chi connectivity index (χ0n) is 18.6. The lowest BCUT2D eigenvalue weighted by Crippen LogP contribution is -1.94. The summed E-state index contributed by atoms with van der Waals surface area (Å²) in [6, 6.07) is 41.6. The number of rotatable bonds is 3. The molecule has 0 radical (unpaired) electrons. The monoisotopic (exact) mass is 431 g/mol. The maximum atomic E-state index is 4.29. The summed E-state index contributed by atoms with van der Waals surface area (Å²) >= 11 is 0. The molecule has 6 aromatic rings. The lowest BCUT2D eigenvalue weighted by Gasteiger charge is -2.20. The molecular weight excluding hydrogens is 410 g/mol. The van der Waals surface area contributed by atoms with E-state index in [2.05, 4.69) is 120 Å². The van der Waals surface area contributed by atoms with Crippen LogP contribution in [0, 0.1) is 0 Å². The van der Waals surface area contributed by atoms with Gasteiger partial charge in [0.25, 0.3) is 0 Å². The van der Waals surface area contributed by atoms with E-state index in [-0.39, 0.29) is 0 Å². The second kappa shape index (κ2) is 7.54. The van der Waals surface area contributed by atoms with Crippen LogP contribution in [0.5, 0.6) is 0 Å². The van der Waals surface area contributed by atoms with E-state index in [0.717, 1.165) is 0 Å². The number of pyridine rings is 1. The Bertz CT molecular complexity index is 1660. The van der Waals surface area contributed by atoms with Gasteiger partial charge in [0, 0.05) is 12.4 Å². The zero-order chi connectivity index (χ0) is 22.5. The van der Waals surface area contributed by atoms with Crippen molar-refractivity contribution in [3.05, 3.63) is 128 Å². The lowest BCUT2D eigenvalue weighted by atomic mass is 9.82. The molecule has 1 heterocycles. The molecule has 1 aliphatic rings. The Morgan fingerprint density at radius 3 is 1.62 bits per heavy atom. The van der Waals surface area contributed by atoms with Crippen molar-refractivity contribution in [3.8, 4) is 55.6 Å². The van der Waals surface area contributed by atoms with E-state index >= 15 is 0 Å². The second-order valence-corrected chi connectivity index (χ2v) is 8.77. The van der Waals surface area contributed by atoms with Crippen molar-refractivity contribution in [2.24, 2.45) is 0 Å². The van der Waals surface area contributed by atoms with E-state index < -0.39 is 0 Å². The highest BCUT2D eigenvalue weighted by atomic mass is 14.6. The van der Waals surface area contributed by atoms with Gasteiger partial charge in [-0.25, -0.2) is 0 Å². The first-order valence-electron chi connectivity index (χ1n) is 11.6. The lowest BCUT2D eigenvalue weighted by molar-refractivity contribution is 1.33. The summed E-state index contributed by atoms with van der Waals surface area (Å²) in [5.74, 6) is 0. The predicted octanol–water partition coefficient (Wildman–Crippen LogP) is 8.88. The maximum Gasteiger partial charge on any atom is 0.0273 e. The highest BCUT2D eigenvalue weighted by Gasteiger charge is 2.29. The summed E-state index contributed by atoms with van der Waals surface area (Å²) in [6.45, 7) is 0. The minimum Gasteiger partial charge on any atom is -0.265 e. The Kier molecular flexibility index (Phi) is 4.22. The van der Waals surface area contributed by atoms with Crippen LogP contribution in [0.3, 0.4) is 0 Å². The summed E-state index contributed by atoms with van der Waals surface area (Å²) in [4.78, 5) is 4.29. The van der Waals surface area contributed by atoms with Crippen LogP contribution in [-0.4, -0.2) is 4.98 Å². The zero-order valence-corrected chi connectivity index (χ0v) is 18.6. The number of hydrogen-bond donors (Lipinski definition) is 0. The topological polar surface area (TPSA) is 12.9 Å². The molecule has 0 aliphatic heterocycles. The van der Waals surface area contributed by atoms with Gasteiger partial charge in [-0.3, -0.25) is 4.98 Å². The molecule has 0 fully saturated rings. The summed E-state index contributed by atoms with van der Waals surface area (Å²) < 4.78 is 0. The normalized spacial score (nSPS) is 11.5. The van der Waals surface area contributed by atoms with E-state index in [4.69, 9.17) is 0 Å². The number of hydrogen-bond acceptors (Lipinski definition) is 1. The molecule has 1 aliphatic carbocycles. The van der Waals surface area contributed by atoms with Gasteiger partial charge in [-0.15, -0.1) is 0 Å². The molecule has 5 aromatic carbocycles. The fraction of sp³-hybridized carbons (Fsp3) is 0. The van der Waals surface area contributed by atoms with Crippen molar-refractivity contribution in [2.45, 2.75) is 0 Å². The van der Waals surface area contributed by atoms with Gasteiger partial charge < -0.3 is 0 Å². The van der Waals surface area contributed by atoms with Gasteiger partial charge in [0.2, 0.25) is 0 Å². The molecule has 0 bridgehead atoms. The third kappa shape index (κ3) is 2.77. The molecule has 1 nitrogen and oxygen atoms in total. The Morgan fingerprint density at radius 2 is 0.941 bits per heavy atom. The summed E-state index contributed by atoms with van der Waals surface area (Å²) in [5.41, 5.74) is 12.7. The Hall–Kier alpha value is -4.49. The molecule has 0 atom stereocenters. The molecule has 0 N–H and O–H groups in total. The molecule has 0 spiro atoms. The van der Waals surface area contributed by atoms with Gasteiger partial charge in [0.05, 0.1) is 0 Å². The van der Waals surface area contributed by atoms with E-state index in [0.29, 0.717) is 0 Å². The second-order valence-electron chi connectivity index (χ2n) is 8.77. The van der Waals surface area contributed by atoms with E-state index in [1.165, 1.54) is 66.4 Å². The van der Waals surface area contributed by atoms with Crippen molar-refractivity contribution < 1.29 is 0 Å². The highest BCUT2D eigenvalue weighted by Crippen LogP contribution is 2.56. The van der Waals surface area contributed by atoms with E-state index in [9.17, 15) is 0 Å². The van der Waals surface area contributed by atoms with E-state index in [1.54, 1.807) is 0 Å². The van der Waals surface area contributed by atoms with Crippen LogP contribution in [0.15, 0.2) is 128 Å². The fourth-order valence-corrected chi connectivity index (χ4v) is 5.50. The van der Waals surface area contributed by atoms with Crippen molar-refractivity contribution in [2.75, 3.05) is 0 Å². The molecule has 0 amide bonds. The average molecular weight is 432 g/mol. The predicted molar refractivity (Wildman–Crippen MR) is 142 cm³/mol. The number of fused-ring (bicyclic) bond motifs is 3. The molecule has 7 rings (SSSR count).